The van der Waals surface area contributed by atoms with Crippen LogP contribution < -0.4 is 5.73 Å². The zero-order chi connectivity index (χ0) is 13.1. The van der Waals surface area contributed by atoms with Gasteiger partial charge in [0.05, 0.1) is 11.2 Å². The smallest absolute Gasteiger partial charge is 0.244 e. The molecule has 0 aliphatic carbocycles. The molecule has 0 saturated carbocycles. The molecular formula is C12H10BrN3OS. The molecule has 0 unspecified atom stereocenters. The molecule has 0 fully saturated rings. The van der Waals surface area contributed by atoms with E-state index in [2.05, 4.69) is 33.7 Å². The molecule has 1 heterocycles. The van der Waals surface area contributed by atoms with Crippen molar-refractivity contribution in [3.8, 4) is 11.1 Å². The van der Waals surface area contributed by atoms with Crippen LogP contribution in [-0.4, -0.2) is 15.7 Å². The number of nitrogens with two attached hydrogens (primary N) is 1. The van der Waals surface area contributed by atoms with Gasteiger partial charge in [0.2, 0.25) is 5.91 Å². The molecule has 1 amide bonds. The Balaban J connectivity index is 2.34. The van der Waals surface area contributed by atoms with Gasteiger partial charge in [0.15, 0.2) is 0 Å². The van der Waals surface area contributed by atoms with Crippen molar-refractivity contribution >= 4 is 39.5 Å². The van der Waals surface area contributed by atoms with Crippen LogP contribution in [0.1, 0.15) is 0 Å². The van der Waals surface area contributed by atoms with Gasteiger partial charge in [0.1, 0.15) is 0 Å². The van der Waals surface area contributed by atoms with Gasteiger partial charge in [0.25, 0.3) is 0 Å². The molecule has 0 saturated heterocycles. The average molecular weight is 324 g/mol. The number of benzene rings is 1. The second-order valence-corrected chi connectivity index (χ2v) is 4.96. The van der Waals surface area contributed by atoms with Gasteiger partial charge in [0, 0.05) is 22.3 Å². The van der Waals surface area contributed by atoms with E-state index in [0.717, 1.165) is 15.6 Å². The maximum Gasteiger partial charge on any atom is 0.244 e. The lowest BCUT2D eigenvalue weighted by atomic mass is 10.1. The van der Waals surface area contributed by atoms with E-state index in [0.29, 0.717) is 5.03 Å². The highest BCUT2D eigenvalue weighted by atomic mass is 79.9. The number of nitrogens with zero attached hydrogens (tertiary/aromatic N) is 2. The van der Waals surface area contributed by atoms with Gasteiger partial charge < -0.3 is 5.73 Å². The fraction of sp³-hybridized carbons (Fsp3) is 0. The summed E-state index contributed by atoms with van der Waals surface area (Å²) in [4.78, 5) is 10.8. The van der Waals surface area contributed by atoms with E-state index in [-0.39, 0.29) is 0 Å². The van der Waals surface area contributed by atoms with Crippen LogP contribution >= 0.6 is 28.6 Å². The third kappa shape index (κ3) is 3.02. The number of halogens is 1. The molecule has 0 radical (unpaired) electrons. The Morgan fingerprint density at radius 3 is 2.89 bits per heavy atom. The van der Waals surface area contributed by atoms with E-state index in [1.807, 2.05) is 24.3 Å². The number of aromatic nitrogens is 2. The molecule has 6 heteroatoms. The molecule has 4 nitrogen and oxygen atoms in total. The summed E-state index contributed by atoms with van der Waals surface area (Å²) < 4.78 is 2.48. The summed E-state index contributed by atoms with van der Waals surface area (Å²) in [6.45, 7) is 0. The molecule has 0 spiro atoms. The first-order valence-electron chi connectivity index (χ1n) is 5.07. The minimum absolute atomic E-state index is 0.378. The molecule has 2 rings (SSSR count). The maximum atomic E-state index is 10.8. The third-order valence-electron chi connectivity index (χ3n) is 2.25. The SMILES string of the molecule is NC(=O)/C=C(\S)n1cc(-c2cccc(Br)c2)cn1. The van der Waals surface area contributed by atoms with E-state index in [1.54, 1.807) is 12.4 Å². The van der Waals surface area contributed by atoms with Gasteiger partial charge in [-0.1, -0.05) is 28.1 Å². The number of hydrogen-bond acceptors (Lipinski definition) is 3. The Labute approximate surface area is 118 Å². The summed E-state index contributed by atoms with van der Waals surface area (Å²) in [6, 6.07) is 7.85. The van der Waals surface area contributed by atoms with Crippen molar-refractivity contribution in [2.75, 3.05) is 0 Å². The number of amides is 1. The van der Waals surface area contributed by atoms with Gasteiger partial charge in [-0.05, 0) is 17.7 Å². The molecule has 0 aliphatic heterocycles. The summed E-state index contributed by atoms with van der Waals surface area (Å²) in [5.74, 6) is -0.556. The van der Waals surface area contributed by atoms with Crippen molar-refractivity contribution in [2.45, 2.75) is 0 Å². The van der Waals surface area contributed by atoms with E-state index >= 15 is 0 Å². The van der Waals surface area contributed by atoms with E-state index < -0.39 is 5.91 Å². The molecule has 1 aromatic carbocycles. The summed E-state index contributed by atoms with van der Waals surface area (Å²) in [7, 11) is 0. The Morgan fingerprint density at radius 2 is 2.22 bits per heavy atom. The highest BCUT2D eigenvalue weighted by molar-refractivity contribution is 9.10. The van der Waals surface area contributed by atoms with Crippen molar-refractivity contribution in [3.05, 3.63) is 47.2 Å². The molecule has 0 atom stereocenters. The van der Waals surface area contributed by atoms with Crippen LogP contribution in [-0.2, 0) is 4.79 Å². The Kier molecular flexibility index (Phi) is 3.88. The van der Waals surface area contributed by atoms with Gasteiger partial charge in [-0.3, -0.25) is 4.79 Å². The van der Waals surface area contributed by atoms with Crippen LogP contribution in [0.3, 0.4) is 0 Å². The lowest BCUT2D eigenvalue weighted by Crippen LogP contribution is -2.07. The van der Waals surface area contributed by atoms with Crippen LogP contribution in [0.15, 0.2) is 47.2 Å². The summed E-state index contributed by atoms with van der Waals surface area (Å²) in [5.41, 5.74) is 7.01. The minimum Gasteiger partial charge on any atom is -0.366 e. The van der Waals surface area contributed by atoms with E-state index in [1.165, 1.54) is 10.8 Å². The number of carbonyl (C=O) groups excluding carboxylic acids is 1. The largest absolute Gasteiger partial charge is 0.366 e. The molecule has 18 heavy (non-hydrogen) atoms. The molecule has 0 bridgehead atoms. The van der Waals surface area contributed by atoms with Crippen molar-refractivity contribution in [1.29, 1.82) is 0 Å². The van der Waals surface area contributed by atoms with Gasteiger partial charge in [-0.25, -0.2) is 4.68 Å². The van der Waals surface area contributed by atoms with Gasteiger partial charge in [-0.15, -0.1) is 12.6 Å². The lowest BCUT2D eigenvalue weighted by molar-refractivity contribution is -0.113. The van der Waals surface area contributed by atoms with Crippen molar-refractivity contribution in [3.63, 3.8) is 0 Å². The maximum absolute atomic E-state index is 10.8. The normalized spacial score (nSPS) is 11.6. The second-order valence-electron chi connectivity index (χ2n) is 3.59. The molecule has 1 aromatic heterocycles. The zero-order valence-electron chi connectivity index (χ0n) is 9.25. The van der Waals surface area contributed by atoms with Crippen LogP contribution in [0.25, 0.3) is 16.2 Å². The molecule has 2 aromatic rings. The molecule has 92 valence electrons. The predicted octanol–water partition coefficient (Wildman–Crippen LogP) is 2.53. The van der Waals surface area contributed by atoms with Gasteiger partial charge >= 0.3 is 0 Å². The van der Waals surface area contributed by atoms with Crippen LogP contribution in [0, 0.1) is 0 Å². The fourth-order valence-electron chi connectivity index (χ4n) is 1.46. The molecule has 0 aliphatic rings. The highest BCUT2D eigenvalue weighted by Gasteiger charge is 2.04. The molecule has 2 N–H and O–H groups in total. The minimum atomic E-state index is -0.556. The van der Waals surface area contributed by atoms with E-state index in [9.17, 15) is 4.79 Å². The first kappa shape index (κ1) is 12.9. The topological polar surface area (TPSA) is 60.9 Å². The van der Waals surface area contributed by atoms with Crippen molar-refractivity contribution in [1.82, 2.24) is 9.78 Å². The summed E-state index contributed by atoms with van der Waals surface area (Å²) >= 11 is 7.57. The molecular weight excluding hydrogens is 314 g/mol. The van der Waals surface area contributed by atoms with Crippen LogP contribution in [0.2, 0.25) is 0 Å². The average Bonchev–Trinajstić information content (AvgIpc) is 2.77. The number of thiol groups is 1. The Morgan fingerprint density at radius 1 is 1.44 bits per heavy atom. The Bertz CT molecular complexity index is 621. The predicted molar refractivity (Wildman–Crippen MR) is 77.8 cm³/mol. The zero-order valence-corrected chi connectivity index (χ0v) is 11.7. The van der Waals surface area contributed by atoms with Crippen LogP contribution in [0.4, 0.5) is 0 Å². The number of carbonyl (C=O) groups is 1. The van der Waals surface area contributed by atoms with Crippen LogP contribution in [0.5, 0.6) is 0 Å². The van der Waals surface area contributed by atoms with E-state index in [4.69, 9.17) is 5.73 Å². The number of rotatable bonds is 3. The third-order valence-corrected chi connectivity index (χ3v) is 3.07. The lowest BCUT2D eigenvalue weighted by Gasteiger charge is -1.99. The number of primary amides is 1. The quantitative estimate of drug-likeness (QED) is 0.673. The summed E-state index contributed by atoms with van der Waals surface area (Å²) in [6.07, 6.45) is 4.69. The Hall–Kier alpha value is -1.53. The fourth-order valence-corrected chi connectivity index (χ4v) is 2.09. The van der Waals surface area contributed by atoms with Crippen molar-refractivity contribution in [2.24, 2.45) is 5.73 Å². The summed E-state index contributed by atoms with van der Waals surface area (Å²) in [5, 5.41) is 4.50. The highest BCUT2D eigenvalue weighted by Crippen LogP contribution is 2.23. The first-order valence-corrected chi connectivity index (χ1v) is 6.31. The monoisotopic (exact) mass is 323 g/mol. The van der Waals surface area contributed by atoms with Gasteiger partial charge in [-0.2, -0.15) is 5.10 Å². The number of hydrogen-bond donors (Lipinski definition) is 2. The first-order chi connectivity index (χ1) is 8.56. The standard InChI is InChI=1S/C12H10BrN3OS/c13-10-3-1-2-8(4-10)9-6-15-16(7-9)12(18)5-11(14)17/h1-7,18H,(H2,14,17)/b12-5-. The van der Waals surface area contributed by atoms with Crippen molar-refractivity contribution < 1.29 is 4.79 Å². The second kappa shape index (κ2) is 5.41.